The molecule has 0 saturated heterocycles. The highest BCUT2D eigenvalue weighted by Gasteiger charge is 2.15. The number of carbonyl (C=O) groups excluding carboxylic acids is 1. The maximum Gasteiger partial charge on any atom is 0.305 e. The Kier molecular flexibility index (Phi) is 5.08. The number of nitrogens with zero attached hydrogens (tertiary/aromatic N) is 2. The van der Waals surface area contributed by atoms with Gasteiger partial charge in [0.1, 0.15) is 11.0 Å². The maximum atomic E-state index is 11.0. The van der Waals surface area contributed by atoms with Crippen molar-refractivity contribution in [2.75, 3.05) is 7.11 Å². The lowest BCUT2D eigenvalue weighted by atomic mass is 9.92. The van der Waals surface area contributed by atoms with Crippen molar-refractivity contribution in [2.24, 2.45) is 5.41 Å². The molecule has 1 heterocycles. The molecule has 0 saturated carbocycles. The standard InChI is InChI=1S/C13H19ClN2O2/c1-13(2,3)7-10-15-8-9(12(14)16-10)5-6-11(17)18-4/h8H,5-7H2,1-4H3. The molecule has 0 bridgehead atoms. The molecule has 18 heavy (non-hydrogen) atoms. The van der Waals surface area contributed by atoms with Gasteiger partial charge in [-0.3, -0.25) is 4.79 Å². The van der Waals surface area contributed by atoms with Crippen LogP contribution in [-0.4, -0.2) is 23.0 Å². The van der Waals surface area contributed by atoms with E-state index in [1.807, 2.05) is 0 Å². The van der Waals surface area contributed by atoms with Crippen molar-refractivity contribution in [3.8, 4) is 0 Å². The van der Waals surface area contributed by atoms with Crippen LogP contribution in [0.3, 0.4) is 0 Å². The Morgan fingerprint density at radius 2 is 2.11 bits per heavy atom. The van der Waals surface area contributed by atoms with Gasteiger partial charge in [0.25, 0.3) is 0 Å². The number of rotatable bonds is 4. The van der Waals surface area contributed by atoms with Crippen LogP contribution < -0.4 is 0 Å². The van der Waals surface area contributed by atoms with E-state index in [0.717, 1.165) is 17.8 Å². The Bertz CT molecular complexity index is 427. The van der Waals surface area contributed by atoms with Crippen LogP contribution in [0.4, 0.5) is 0 Å². The molecule has 0 aliphatic heterocycles. The van der Waals surface area contributed by atoms with E-state index in [4.69, 9.17) is 11.6 Å². The Balaban J connectivity index is 2.71. The molecule has 0 aliphatic carbocycles. The molecule has 100 valence electrons. The van der Waals surface area contributed by atoms with Crippen molar-refractivity contribution in [3.05, 3.63) is 22.7 Å². The van der Waals surface area contributed by atoms with Gasteiger partial charge in [0.05, 0.1) is 7.11 Å². The minimum Gasteiger partial charge on any atom is -0.469 e. The van der Waals surface area contributed by atoms with Gasteiger partial charge in [-0.15, -0.1) is 0 Å². The average molecular weight is 271 g/mol. The molecule has 0 spiro atoms. The van der Waals surface area contributed by atoms with Crippen LogP contribution in [0.25, 0.3) is 0 Å². The predicted octanol–water partition coefficient (Wildman–Crippen LogP) is 2.82. The lowest BCUT2D eigenvalue weighted by Gasteiger charge is -2.16. The topological polar surface area (TPSA) is 52.1 Å². The number of hydrogen-bond acceptors (Lipinski definition) is 4. The summed E-state index contributed by atoms with van der Waals surface area (Å²) in [5, 5.41) is 0.424. The molecule has 1 aromatic rings. The quantitative estimate of drug-likeness (QED) is 0.624. The molecule has 0 radical (unpaired) electrons. The van der Waals surface area contributed by atoms with Gasteiger partial charge < -0.3 is 4.74 Å². The van der Waals surface area contributed by atoms with E-state index in [2.05, 4.69) is 35.5 Å². The van der Waals surface area contributed by atoms with Crippen molar-refractivity contribution in [3.63, 3.8) is 0 Å². The zero-order valence-electron chi connectivity index (χ0n) is 11.3. The second-order valence-electron chi connectivity index (χ2n) is 5.42. The van der Waals surface area contributed by atoms with E-state index in [0.29, 0.717) is 11.6 Å². The summed E-state index contributed by atoms with van der Waals surface area (Å²) in [6.07, 6.45) is 3.25. The molecule has 0 fully saturated rings. The third-order valence-electron chi connectivity index (χ3n) is 2.38. The molecule has 0 unspecified atom stereocenters. The van der Waals surface area contributed by atoms with E-state index in [1.54, 1.807) is 6.20 Å². The minimum absolute atomic E-state index is 0.122. The number of carbonyl (C=O) groups is 1. The van der Waals surface area contributed by atoms with E-state index in [1.165, 1.54) is 7.11 Å². The largest absolute Gasteiger partial charge is 0.469 e. The van der Waals surface area contributed by atoms with Crippen LogP contribution in [0, 0.1) is 5.41 Å². The zero-order valence-corrected chi connectivity index (χ0v) is 12.0. The number of hydrogen-bond donors (Lipinski definition) is 0. The van der Waals surface area contributed by atoms with Gasteiger partial charge in [0.15, 0.2) is 0 Å². The summed E-state index contributed by atoms with van der Waals surface area (Å²) >= 11 is 6.08. The van der Waals surface area contributed by atoms with Gasteiger partial charge in [0.2, 0.25) is 0 Å². The highest BCUT2D eigenvalue weighted by molar-refractivity contribution is 6.30. The van der Waals surface area contributed by atoms with Crippen LogP contribution in [-0.2, 0) is 22.4 Å². The van der Waals surface area contributed by atoms with E-state index >= 15 is 0 Å². The third-order valence-corrected chi connectivity index (χ3v) is 2.70. The van der Waals surface area contributed by atoms with Crippen LogP contribution in [0.2, 0.25) is 5.15 Å². The second-order valence-corrected chi connectivity index (χ2v) is 5.77. The van der Waals surface area contributed by atoms with Gasteiger partial charge >= 0.3 is 5.97 Å². The van der Waals surface area contributed by atoms with Gasteiger partial charge in [-0.2, -0.15) is 0 Å². The number of aryl methyl sites for hydroxylation is 1. The van der Waals surface area contributed by atoms with Crippen LogP contribution in [0.5, 0.6) is 0 Å². The van der Waals surface area contributed by atoms with Crippen molar-refractivity contribution in [2.45, 2.75) is 40.0 Å². The summed E-state index contributed by atoms with van der Waals surface area (Å²) in [6, 6.07) is 0. The Hall–Kier alpha value is -1.16. The van der Waals surface area contributed by atoms with Gasteiger partial charge in [0, 0.05) is 24.6 Å². The fourth-order valence-electron chi connectivity index (χ4n) is 1.49. The first-order chi connectivity index (χ1) is 8.31. The smallest absolute Gasteiger partial charge is 0.305 e. The predicted molar refractivity (Wildman–Crippen MR) is 70.5 cm³/mol. The minimum atomic E-state index is -0.259. The van der Waals surface area contributed by atoms with Gasteiger partial charge in [-0.1, -0.05) is 32.4 Å². The molecule has 0 aromatic carbocycles. The molecule has 0 amide bonds. The van der Waals surface area contributed by atoms with Crippen LogP contribution in [0.15, 0.2) is 6.20 Å². The highest BCUT2D eigenvalue weighted by Crippen LogP contribution is 2.20. The molecule has 1 rings (SSSR count). The summed E-state index contributed by atoms with van der Waals surface area (Å²) < 4.78 is 4.58. The number of esters is 1. The number of ether oxygens (including phenoxy) is 1. The molecular weight excluding hydrogens is 252 g/mol. The van der Waals surface area contributed by atoms with Gasteiger partial charge in [-0.05, 0) is 11.8 Å². The monoisotopic (exact) mass is 270 g/mol. The Labute approximate surface area is 113 Å². The summed E-state index contributed by atoms with van der Waals surface area (Å²) in [5.41, 5.74) is 0.899. The first kappa shape index (κ1) is 14.9. The molecule has 0 aliphatic rings. The van der Waals surface area contributed by atoms with Crippen molar-refractivity contribution in [1.29, 1.82) is 0 Å². The fourth-order valence-corrected chi connectivity index (χ4v) is 1.73. The number of halogens is 1. The maximum absolute atomic E-state index is 11.0. The lowest BCUT2D eigenvalue weighted by molar-refractivity contribution is -0.140. The second kappa shape index (κ2) is 6.14. The Morgan fingerprint density at radius 3 is 2.61 bits per heavy atom. The third kappa shape index (κ3) is 5.00. The highest BCUT2D eigenvalue weighted by atomic mass is 35.5. The van der Waals surface area contributed by atoms with Crippen molar-refractivity contribution < 1.29 is 9.53 Å². The summed E-state index contributed by atoms with van der Waals surface area (Å²) in [4.78, 5) is 19.6. The number of aromatic nitrogens is 2. The normalized spacial score (nSPS) is 11.4. The summed E-state index contributed by atoms with van der Waals surface area (Å²) in [5.74, 6) is 0.471. The van der Waals surface area contributed by atoms with Crippen LogP contribution in [0.1, 0.15) is 38.6 Å². The molecule has 0 atom stereocenters. The number of methoxy groups -OCH3 is 1. The van der Waals surface area contributed by atoms with Gasteiger partial charge in [-0.25, -0.2) is 9.97 Å². The summed E-state index contributed by atoms with van der Waals surface area (Å²) in [7, 11) is 1.37. The molecule has 4 nitrogen and oxygen atoms in total. The summed E-state index contributed by atoms with van der Waals surface area (Å²) in [6.45, 7) is 6.36. The first-order valence-corrected chi connectivity index (χ1v) is 6.27. The van der Waals surface area contributed by atoms with Crippen molar-refractivity contribution >= 4 is 17.6 Å². The molecule has 0 N–H and O–H groups in total. The zero-order chi connectivity index (χ0) is 13.8. The first-order valence-electron chi connectivity index (χ1n) is 5.89. The lowest BCUT2D eigenvalue weighted by Crippen LogP contribution is -2.12. The van der Waals surface area contributed by atoms with Crippen LogP contribution >= 0.6 is 11.6 Å². The molecule has 1 aromatic heterocycles. The fraction of sp³-hybridized carbons (Fsp3) is 0.615. The van der Waals surface area contributed by atoms with E-state index in [-0.39, 0.29) is 17.8 Å². The molecular formula is C13H19ClN2O2. The Morgan fingerprint density at radius 1 is 1.44 bits per heavy atom. The average Bonchev–Trinajstić information content (AvgIpc) is 2.25. The van der Waals surface area contributed by atoms with Crippen molar-refractivity contribution in [1.82, 2.24) is 9.97 Å². The van der Waals surface area contributed by atoms with E-state index < -0.39 is 0 Å². The van der Waals surface area contributed by atoms with E-state index in [9.17, 15) is 4.79 Å². The SMILES string of the molecule is COC(=O)CCc1cnc(CC(C)(C)C)nc1Cl. The molecule has 5 heteroatoms.